The summed E-state index contributed by atoms with van der Waals surface area (Å²) in [4.78, 5) is 17.8. The van der Waals surface area contributed by atoms with Crippen LogP contribution in [0, 0.1) is 0 Å². The van der Waals surface area contributed by atoms with E-state index in [0.717, 1.165) is 17.7 Å². The van der Waals surface area contributed by atoms with Crippen molar-refractivity contribution in [3.8, 4) is 5.75 Å². The molecule has 8 heteroatoms. The molecule has 0 saturated heterocycles. The number of rotatable bonds is 8. The van der Waals surface area contributed by atoms with Crippen LogP contribution in [-0.2, 0) is 6.42 Å². The Labute approximate surface area is 194 Å². The standard InChI is InChI=1S/C21H27ClN4O2.HI/c1-23-21(25-13-14-28-19-9-7-18(22)8-10-19)24-12-11-16-5-4-6-17(15-16)20(27)26(2)3;/h4-10,15H,11-14H2,1-3H3,(H2,23,24,25);1H. The van der Waals surface area contributed by atoms with Crippen molar-refractivity contribution >= 4 is 47.4 Å². The zero-order valence-corrected chi connectivity index (χ0v) is 20.0. The Morgan fingerprint density at radius 3 is 2.45 bits per heavy atom. The van der Waals surface area contributed by atoms with Gasteiger partial charge < -0.3 is 20.3 Å². The first-order valence-electron chi connectivity index (χ1n) is 9.13. The number of nitrogens with one attached hydrogen (secondary N) is 2. The Bertz CT molecular complexity index is 798. The van der Waals surface area contributed by atoms with Crippen LogP contribution in [0.15, 0.2) is 53.5 Å². The van der Waals surface area contributed by atoms with E-state index in [1.165, 1.54) is 0 Å². The Balaban J connectivity index is 0.00000420. The first kappa shape index (κ1) is 25.0. The monoisotopic (exact) mass is 530 g/mol. The zero-order chi connectivity index (χ0) is 20.4. The van der Waals surface area contributed by atoms with Gasteiger partial charge in [-0.3, -0.25) is 9.79 Å². The fraction of sp³-hybridized carbons (Fsp3) is 0.333. The molecule has 0 aliphatic rings. The maximum absolute atomic E-state index is 12.1. The summed E-state index contributed by atoms with van der Waals surface area (Å²) in [5.74, 6) is 1.49. The first-order valence-corrected chi connectivity index (χ1v) is 9.51. The smallest absolute Gasteiger partial charge is 0.253 e. The number of guanidine groups is 1. The third-order valence-corrected chi connectivity index (χ3v) is 4.24. The Morgan fingerprint density at radius 1 is 1.10 bits per heavy atom. The minimum absolute atomic E-state index is 0. The van der Waals surface area contributed by atoms with Crippen molar-refractivity contribution in [3.05, 3.63) is 64.7 Å². The minimum Gasteiger partial charge on any atom is -0.492 e. The van der Waals surface area contributed by atoms with Crippen LogP contribution in [0.3, 0.4) is 0 Å². The normalized spacial score (nSPS) is 10.7. The predicted molar refractivity (Wildman–Crippen MR) is 130 cm³/mol. The molecule has 6 nitrogen and oxygen atoms in total. The van der Waals surface area contributed by atoms with Gasteiger partial charge in [-0.1, -0.05) is 23.7 Å². The molecule has 0 spiro atoms. The van der Waals surface area contributed by atoms with Crippen LogP contribution in [0.1, 0.15) is 15.9 Å². The van der Waals surface area contributed by atoms with Gasteiger partial charge in [-0.15, -0.1) is 24.0 Å². The number of carbonyl (C=O) groups is 1. The number of hydrogen-bond donors (Lipinski definition) is 2. The third-order valence-electron chi connectivity index (χ3n) is 3.99. The summed E-state index contributed by atoms with van der Waals surface area (Å²) in [6.07, 6.45) is 0.788. The highest BCUT2D eigenvalue weighted by atomic mass is 127. The highest BCUT2D eigenvalue weighted by Gasteiger charge is 2.08. The maximum Gasteiger partial charge on any atom is 0.253 e. The molecule has 0 unspecified atom stereocenters. The lowest BCUT2D eigenvalue weighted by atomic mass is 10.1. The van der Waals surface area contributed by atoms with Gasteiger partial charge in [-0.2, -0.15) is 0 Å². The number of hydrogen-bond acceptors (Lipinski definition) is 3. The molecule has 0 bridgehead atoms. The van der Waals surface area contributed by atoms with Gasteiger partial charge in [0, 0.05) is 38.3 Å². The minimum atomic E-state index is 0. The topological polar surface area (TPSA) is 66.0 Å². The second-order valence-corrected chi connectivity index (χ2v) is 6.81. The third kappa shape index (κ3) is 8.91. The molecule has 158 valence electrons. The molecule has 0 aliphatic carbocycles. The number of carbonyl (C=O) groups excluding carboxylic acids is 1. The lowest BCUT2D eigenvalue weighted by Gasteiger charge is -2.13. The SMILES string of the molecule is CN=C(NCCOc1ccc(Cl)cc1)NCCc1cccc(C(=O)N(C)C)c1.I. The van der Waals surface area contributed by atoms with Gasteiger partial charge in [0.2, 0.25) is 0 Å². The summed E-state index contributed by atoms with van der Waals surface area (Å²) in [6, 6.07) is 15.0. The average molecular weight is 531 g/mol. The number of amides is 1. The van der Waals surface area contributed by atoms with E-state index in [1.807, 2.05) is 36.4 Å². The molecule has 2 N–H and O–H groups in total. The van der Waals surface area contributed by atoms with E-state index < -0.39 is 0 Å². The average Bonchev–Trinajstić information content (AvgIpc) is 2.70. The molecule has 2 aromatic rings. The molecule has 2 aromatic carbocycles. The van der Waals surface area contributed by atoms with Gasteiger partial charge in [0.25, 0.3) is 5.91 Å². The largest absolute Gasteiger partial charge is 0.492 e. The molecule has 0 fully saturated rings. The highest BCUT2D eigenvalue weighted by molar-refractivity contribution is 14.0. The Hall–Kier alpha value is -2.00. The fourth-order valence-electron chi connectivity index (χ4n) is 2.53. The van der Waals surface area contributed by atoms with Gasteiger partial charge in [0.1, 0.15) is 12.4 Å². The van der Waals surface area contributed by atoms with Crippen LogP contribution in [0.25, 0.3) is 0 Å². The molecule has 0 atom stereocenters. The van der Waals surface area contributed by atoms with Crippen molar-refractivity contribution in [2.45, 2.75) is 6.42 Å². The van der Waals surface area contributed by atoms with Gasteiger partial charge >= 0.3 is 0 Å². The first-order chi connectivity index (χ1) is 13.5. The molecule has 0 aliphatic heterocycles. The fourth-order valence-corrected chi connectivity index (χ4v) is 2.66. The second kappa shape index (κ2) is 13.3. The van der Waals surface area contributed by atoms with Crippen LogP contribution in [-0.4, -0.2) is 57.6 Å². The summed E-state index contributed by atoms with van der Waals surface area (Å²) in [6.45, 7) is 1.84. The lowest BCUT2D eigenvalue weighted by molar-refractivity contribution is 0.0827. The summed E-state index contributed by atoms with van der Waals surface area (Å²) < 4.78 is 5.64. The molecule has 29 heavy (non-hydrogen) atoms. The van der Waals surface area contributed by atoms with E-state index >= 15 is 0 Å². The quantitative estimate of drug-likeness (QED) is 0.238. The lowest BCUT2D eigenvalue weighted by Crippen LogP contribution is -2.40. The van der Waals surface area contributed by atoms with Crippen LogP contribution in [0.5, 0.6) is 5.75 Å². The van der Waals surface area contributed by atoms with Crippen molar-refractivity contribution in [1.29, 1.82) is 0 Å². The predicted octanol–water partition coefficient (Wildman–Crippen LogP) is 3.45. The number of nitrogens with zero attached hydrogens (tertiary/aromatic N) is 2. The Morgan fingerprint density at radius 2 is 1.79 bits per heavy atom. The highest BCUT2D eigenvalue weighted by Crippen LogP contribution is 2.15. The molecule has 2 rings (SSSR count). The number of halogens is 2. The molecular weight excluding hydrogens is 503 g/mol. The van der Waals surface area contributed by atoms with Crippen LogP contribution < -0.4 is 15.4 Å². The van der Waals surface area contributed by atoms with E-state index in [0.29, 0.717) is 36.2 Å². The van der Waals surface area contributed by atoms with Crippen LogP contribution in [0.2, 0.25) is 5.02 Å². The maximum atomic E-state index is 12.1. The molecule has 0 saturated carbocycles. The van der Waals surface area contributed by atoms with Crippen molar-refractivity contribution < 1.29 is 9.53 Å². The number of benzene rings is 2. The molecule has 0 heterocycles. The summed E-state index contributed by atoms with van der Waals surface area (Å²) in [5, 5.41) is 7.16. The van der Waals surface area contributed by atoms with E-state index in [2.05, 4.69) is 15.6 Å². The Kier molecular flexibility index (Phi) is 11.5. The molecule has 1 amide bonds. The van der Waals surface area contributed by atoms with E-state index in [9.17, 15) is 4.79 Å². The summed E-state index contributed by atoms with van der Waals surface area (Å²) in [5.41, 5.74) is 1.80. The van der Waals surface area contributed by atoms with Gasteiger partial charge in [-0.25, -0.2) is 0 Å². The van der Waals surface area contributed by atoms with Gasteiger partial charge in [0.15, 0.2) is 5.96 Å². The molecule has 0 radical (unpaired) electrons. The van der Waals surface area contributed by atoms with Crippen molar-refractivity contribution in [3.63, 3.8) is 0 Å². The zero-order valence-electron chi connectivity index (χ0n) is 16.9. The van der Waals surface area contributed by atoms with E-state index in [-0.39, 0.29) is 29.9 Å². The van der Waals surface area contributed by atoms with Crippen LogP contribution >= 0.6 is 35.6 Å². The van der Waals surface area contributed by atoms with Crippen molar-refractivity contribution in [1.82, 2.24) is 15.5 Å². The second-order valence-electron chi connectivity index (χ2n) is 6.38. The number of aliphatic imine (C=N–C) groups is 1. The van der Waals surface area contributed by atoms with Crippen molar-refractivity contribution in [2.75, 3.05) is 40.8 Å². The molecule has 0 aromatic heterocycles. The summed E-state index contributed by atoms with van der Waals surface area (Å²) >= 11 is 5.85. The number of ether oxygens (including phenoxy) is 1. The van der Waals surface area contributed by atoms with Crippen molar-refractivity contribution in [2.24, 2.45) is 4.99 Å². The molecular formula is C21H28ClIN4O2. The summed E-state index contributed by atoms with van der Waals surface area (Å²) in [7, 11) is 5.23. The van der Waals surface area contributed by atoms with E-state index in [4.69, 9.17) is 16.3 Å². The van der Waals surface area contributed by atoms with Crippen LogP contribution in [0.4, 0.5) is 0 Å². The van der Waals surface area contributed by atoms with Gasteiger partial charge in [0.05, 0.1) is 6.54 Å². The van der Waals surface area contributed by atoms with Gasteiger partial charge in [-0.05, 0) is 48.4 Å². The van der Waals surface area contributed by atoms with E-state index in [1.54, 1.807) is 38.2 Å².